The number of halogens is 1. The number of hydrogen-bond donors (Lipinski definition) is 1. The molecular weight excluding hydrogens is 199 g/mol. The van der Waals surface area contributed by atoms with Gasteiger partial charge in [0.05, 0.1) is 0 Å². The van der Waals surface area contributed by atoms with Gasteiger partial charge in [-0.1, -0.05) is 0 Å². The number of nitrogens with zero attached hydrogens (tertiary/aromatic N) is 1. The van der Waals surface area contributed by atoms with Crippen LogP contribution in [-0.4, -0.2) is 16.8 Å². The van der Waals surface area contributed by atoms with Gasteiger partial charge in [-0.05, 0) is 12.1 Å². The summed E-state index contributed by atoms with van der Waals surface area (Å²) in [6, 6.07) is 2.88. The van der Waals surface area contributed by atoms with Crippen molar-refractivity contribution in [1.29, 1.82) is 0 Å². The van der Waals surface area contributed by atoms with Crippen molar-refractivity contribution in [2.75, 3.05) is 0 Å². The van der Waals surface area contributed by atoms with Crippen molar-refractivity contribution in [3.63, 3.8) is 0 Å². The minimum Gasteiger partial charge on any atom is -0.293 e. The van der Waals surface area contributed by atoms with Crippen LogP contribution in [0.2, 0.25) is 0 Å². The summed E-state index contributed by atoms with van der Waals surface area (Å²) in [6.07, 6.45) is 2.74. The molecular formula is C10H9FN2O2. The SMILES string of the molecule is O=C1CCC(F)(c2ccncc2)C(=O)N1. The summed E-state index contributed by atoms with van der Waals surface area (Å²) < 4.78 is 14.3. The van der Waals surface area contributed by atoms with E-state index in [1.807, 2.05) is 5.32 Å². The van der Waals surface area contributed by atoms with Gasteiger partial charge in [0.1, 0.15) is 0 Å². The van der Waals surface area contributed by atoms with Crippen LogP contribution >= 0.6 is 0 Å². The summed E-state index contributed by atoms with van der Waals surface area (Å²) in [5.41, 5.74) is -1.86. The van der Waals surface area contributed by atoms with Gasteiger partial charge in [-0.25, -0.2) is 4.39 Å². The standard InChI is InChI=1S/C10H9FN2O2/c11-10(7-2-5-12-6-3-7)4-1-8(14)13-9(10)15/h2-3,5-6H,1,4H2,(H,13,14,15). The fourth-order valence-corrected chi connectivity index (χ4v) is 1.58. The molecule has 0 radical (unpaired) electrons. The molecule has 1 aromatic rings. The lowest BCUT2D eigenvalue weighted by Crippen LogP contribution is -2.48. The first-order chi connectivity index (χ1) is 7.13. The first kappa shape index (κ1) is 9.76. The Labute approximate surface area is 85.5 Å². The van der Waals surface area contributed by atoms with E-state index in [2.05, 4.69) is 4.98 Å². The van der Waals surface area contributed by atoms with Gasteiger partial charge in [-0.3, -0.25) is 19.9 Å². The molecule has 2 rings (SSSR count). The second-order valence-corrected chi connectivity index (χ2v) is 3.41. The van der Waals surface area contributed by atoms with Crippen molar-refractivity contribution in [2.24, 2.45) is 0 Å². The minimum atomic E-state index is -2.10. The van der Waals surface area contributed by atoms with Crippen molar-refractivity contribution >= 4 is 11.8 Å². The number of nitrogens with one attached hydrogen (secondary N) is 1. The van der Waals surface area contributed by atoms with Crippen LogP contribution in [0.3, 0.4) is 0 Å². The highest BCUT2D eigenvalue weighted by Gasteiger charge is 2.44. The average molecular weight is 208 g/mol. The number of amides is 2. The van der Waals surface area contributed by atoms with Gasteiger partial charge in [0.25, 0.3) is 5.91 Å². The topological polar surface area (TPSA) is 59.1 Å². The quantitative estimate of drug-likeness (QED) is 0.690. The van der Waals surface area contributed by atoms with Crippen LogP contribution < -0.4 is 5.32 Å². The van der Waals surface area contributed by atoms with Gasteiger partial charge in [-0.15, -0.1) is 0 Å². The van der Waals surface area contributed by atoms with Crippen LogP contribution in [0.4, 0.5) is 4.39 Å². The number of alkyl halides is 1. The van der Waals surface area contributed by atoms with Crippen LogP contribution in [0.5, 0.6) is 0 Å². The van der Waals surface area contributed by atoms with Crippen LogP contribution in [-0.2, 0) is 15.3 Å². The van der Waals surface area contributed by atoms with Crippen LogP contribution in [0.15, 0.2) is 24.5 Å². The molecule has 1 unspecified atom stereocenters. The molecule has 1 aliphatic rings. The molecule has 78 valence electrons. The maximum atomic E-state index is 14.3. The fraction of sp³-hybridized carbons (Fsp3) is 0.300. The second kappa shape index (κ2) is 3.42. The normalized spacial score (nSPS) is 26.2. The van der Waals surface area contributed by atoms with Crippen LogP contribution in [0.1, 0.15) is 18.4 Å². The highest BCUT2D eigenvalue weighted by atomic mass is 19.1. The average Bonchev–Trinajstić information content (AvgIpc) is 2.25. The highest BCUT2D eigenvalue weighted by molar-refractivity contribution is 6.02. The Balaban J connectivity index is 2.35. The van der Waals surface area contributed by atoms with Gasteiger partial charge in [-0.2, -0.15) is 0 Å². The Morgan fingerprint density at radius 2 is 2.00 bits per heavy atom. The summed E-state index contributed by atoms with van der Waals surface area (Å²) in [6.45, 7) is 0. The molecule has 15 heavy (non-hydrogen) atoms. The lowest BCUT2D eigenvalue weighted by molar-refractivity contribution is -0.144. The molecule has 2 amide bonds. The zero-order valence-electron chi connectivity index (χ0n) is 7.87. The molecule has 5 heteroatoms. The Morgan fingerprint density at radius 1 is 1.33 bits per heavy atom. The Morgan fingerprint density at radius 3 is 2.60 bits per heavy atom. The molecule has 0 aromatic carbocycles. The molecule has 0 spiro atoms. The number of pyridine rings is 1. The van der Waals surface area contributed by atoms with E-state index in [-0.39, 0.29) is 18.4 Å². The number of hydrogen-bond acceptors (Lipinski definition) is 3. The van der Waals surface area contributed by atoms with Crippen molar-refractivity contribution < 1.29 is 14.0 Å². The largest absolute Gasteiger partial charge is 0.293 e. The monoisotopic (exact) mass is 208 g/mol. The molecule has 2 heterocycles. The number of imide groups is 1. The molecule has 1 saturated heterocycles. The first-order valence-electron chi connectivity index (χ1n) is 4.56. The molecule has 0 aliphatic carbocycles. The predicted octanol–water partition coefficient (Wildman–Crippen LogP) is 0.683. The van der Waals surface area contributed by atoms with E-state index in [1.165, 1.54) is 24.5 Å². The molecule has 1 aliphatic heterocycles. The van der Waals surface area contributed by atoms with Crippen LogP contribution in [0, 0.1) is 0 Å². The van der Waals surface area contributed by atoms with Crippen molar-refractivity contribution in [1.82, 2.24) is 10.3 Å². The van der Waals surface area contributed by atoms with E-state index in [9.17, 15) is 14.0 Å². The third kappa shape index (κ3) is 1.60. The third-order valence-electron chi connectivity index (χ3n) is 2.45. The van der Waals surface area contributed by atoms with Gasteiger partial charge >= 0.3 is 0 Å². The van der Waals surface area contributed by atoms with E-state index >= 15 is 0 Å². The second-order valence-electron chi connectivity index (χ2n) is 3.41. The number of piperidine rings is 1. The minimum absolute atomic E-state index is 0.0184. The summed E-state index contributed by atoms with van der Waals surface area (Å²) in [4.78, 5) is 26.0. The van der Waals surface area contributed by atoms with E-state index in [0.717, 1.165) is 0 Å². The lowest BCUT2D eigenvalue weighted by atomic mass is 9.88. The summed E-state index contributed by atoms with van der Waals surface area (Å²) in [5, 5.41) is 2.00. The summed E-state index contributed by atoms with van der Waals surface area (Å²) >= 11 is 0. The first-order valence-corrected chi connectivity index (χ1v) is 4.56. The van der Waals surface area contributed by atoms with Crippen molar-refractivity contribution in [2.45, 2.75) is 18.5 Å². The molecule has 0 bridgehead atoms. The molecule has 1 fully saturated rings. The molecule has 4 nitrogen and oxygen atoms in total. The zero-order chi connectivity index (χ0) is 10.9. The summed E-state index contributed by atoms with van der Waals surface area (Å²) in [5.74, 6) is -1.31. The lowest BCUT2D eigenvalue weighted by Gasteiger charge is -2.27. The smallest absolute Gasteiger partial charge is 0.268 e. The molecule has 1 N–H and O–H groups in total. The number of rotatable bonds is 1. The van der Waals surface area contributed by atoms with E-state index in [1.54, 1.807) is 0 Å². The van der Waals surface area contributed by atoms with Crippen LogP contribution in [0.25, 0.3) is 0 Å². The van der Waals surface area contributed by atoms with Gasteiger partial charge in [0.15, 0.2) is 0 Å². The fourth-order valence-electron chi connectivity index (χ4n) is 1.58. The third-order valence-corrected chi connectivity index (χ3v) is 2.45. The van der Waals surface area contributed by atoms with Gasteiger partial charge < -0.3 is 0 Å². The van der Waals surface area contributed by atoms with Gasteiger partial charge in [0.2, 0.25) is 11.6 Å². The summed E-state index contributed by atoms with van der Waals surface area (Å²) in [7, 11) is 0. The van der Waals surface area contributed by atoms with E-state index < -0.39 is 17.5 Å². The Bertz CT molecular complexity index is 407. The molecule has 1 atom stereocenters. The van der Waals surface area contributed by atoms with E-state index in [4.69, 9.17) is 0 Å². The highest BCUT2D eigenvalue weighted by Crippen LogP contribution is 2.33. The molecule has 1 aromatic heterocycles. The maximum Gasteiger partial charge on any atom is 0.268 e. The van der Waals surface area contributed by atoms with E-state index in [0.29, 0.717) is 0 Å². The maximum absolute atomic E-state index is 14.3. The number of carbonyl (C=O) groups is 2. The van der Waals surface area contributed by atoms with Gasteiger partial charge in [0, 0.05) is 30.8 Å². The Kier molecular flexibility index (Phi) is 2.22. The Hall–Kier alpha value is -1.78. The predicted molar refractivity (Wildman–Crippen MR) is 49.4 cm³/mol. The number of aromatic nitrogens is 1. The molecule has 0 saturated carbocycles. The number of carbonyl (C=O) groups excluding carboxylic acids is 2. The van der Waals surface area contributed by atoms with Crippen molar-refractivity contribution in [3.8, 4) is 0 Å². The van der Waals surface area contributed by atoms with Crippen molar-refractivity contribution in [3.05, 3.63) is 30.1 Å². The zero-order valence-corrected chi connectivity index (χ0v) is 7.87.